The lowest BCUT2D eigenvalue weighted by atomic mass is 9.96. The van der Waals surface area contributed by atoms with E-state index in [2.05, 4.69) is 10.1 Å². The van der Waals surface area contributed by atoms with E-state index in [1.54, 1.807) is 12.1 Å². The maximum Gasteiger partial charge on any atom is 0.323 e. The third-order valence-electron chi connectivity index (χ3n) is 2.64. The van der Waals surface area contributed by atoms with Gasteiger partial charge in [0, 0.05) is 6.54 Å². The summed E-state index contributed by atoms with van der Waals surface area (Å²) >= 11 is 0. The second-order valence-corrected chi connectivity index (χ2v) is 3.61. The molecule has 0 aliphatic carbocycles. The molecule has 2 N–H and O–H groups in total. The van der Waals surface area contributed by atoms with Crippen LogP contribution in [0.4, 0.5) is 0 Å². The first-order chi connectivity index (χ1) is 7.20. The van der Waals surface area contributed by atoms with E-state index in [0.717, 1.165) is 11.1 Å². The SMILES string of the molecule is COC(=O)C1Cc2ccc(O)cc2CN1. The molecule has 1 heterocycles. The van der Waals surface area contributed by atoms with Gasteiger partial charge in [-0.3, -0.25) is 4.79 Å². The fraction of sp³-hybridized carbons (Fsp3) is 0.364. The molecule has 0 aromatic heterocycles. The molecule has 0 saturated heterocycles. The van der Waals surface area contributed by atoms with Crippen LogP contribution in [0.2, 0.25) is 0 Å². The molecule has 1 aliphatic heterocycles. The highest BCUT2D eigenvalue weighted by molar-refractivity contribution is 5.76. The summed E-state index contributed by atoms with van der Waals surface area (Å²) in [6, 6.07) is 4.93. The van der Waals surface area contributed by atoms with Crippen LogP contribution in [0, 0.1) is 0 Å². The molecule has 0 amide bonds. The molecule has 1 aliphatic rings. The van der Waals surface area contributed by atoms with Crippen LogP contribution in [-0.2, 0) is 22.5 Å². The zero-order valence-corrected chi connectivity index (χ0v) is 8.49. The number of phenols is 1. The summed E-state index contributed by atoms with van der Waals surface area (Å²) in [5.41, 5.74) is 2.12. The number of carbonyl (C=O) groups excluding carboxylic acids is 1. The van der Waals surface area contributed by atoms with E-state index in [1.165, 1.54) is 7.11 Å². The van der Waals surface area contributed by atoms with Gasteiger partial charge in [-0.2, -0.15) is 0 Å². The quantitative estimate of drug-likeness (QED) is 0.661. The second-order valence-electron chi connectivity index (χ2n) is 3.61. The number of esters is 1. The fourth-order valence-corrected chi connectivity index (χ4v) is 1.81. The maximum absolute atomic E-state index is 11.3. The lowest BCUT2D eigenvalue weighted by Gasteiger charge is -2.24. The first kappa shape index (κ1) is 9.98. The molecule has 80 valence electrons. The highest BCUT2D eigenvalue weighted by Crippen LogP contribution is 2.21. The Labute approximate surface area is 87.9 Å². The van der Waals surface area contributed by atoms with Gasteiger partial charge in [0.15, 0.2) is 0 Å². The standard InChI is InChI=1S/C11H13NO3/c1-15-11(14)10-5-7-2-3-9(13)4-8(7)6-12-10/h2-4,10,12-13H,5-6H2,1H3. The lowest BCUT2D eigenvalue weighted by molar-refractivity contribution is -0.143. The number of hydrogen-bond donors (Lipinski definition) is 2. The van der Waals surface area contributed by atoms with Gasteiger partial charge in [-0.15, -0.1) is 0 Å². The van der Waals surface area contributed by atoms with Crippen molar-refractivity contribution in [2.75, 3.05) is 7.11 Å². The molecule has 0 saturated carbocycles. The summed E-state index contributed by atoms with van der Waals surface area (Å²) in [7, 11) is 1.39. The van der Waals surface area contributed by atoms with Crippen LogP contribution < -0.4 is 5.32 Å². The summed E-state index contributed by atoms with van der Waals surface area (Å²) in [5.74, 6) is 0.0146. The van der Waals surface area contributed by atoms with Crippen LogP contribution in [0.25, 0.3) is 0 Å². The molecule has 4 nitrogen and oxygen atoms in total. The van der Waals surface area contributed by atoms with Gasteiger partial charge in [0.25, 0.3) is 0 Å². The Morgan fingerprint density at radius 1 is 1.53 bits per heavy atom. The number of benzene rings is 1. The minimum atomic E-state index is -0.271. The highest BCUT2D eigenvalue weighted by Gasteiger charge is 2.24. The number of aromatic hydroxyl groups is 1. The molecule has 1 aromatic carbocycles. The van der Waals surface area contributed by atoms with Crippen molar-refractivity contribution < 1.29 is 14.6 Å². The van der Waals surface area contributed by atoms with Gasteiger partial charge >= 0.3 is 5.97 Å². The van der Waals surface area contributed by atoms with Gasteiger partial charge in [-0.05, 0) is 29.7 Å². The van der Waals surface area contributed by atoms with Gasteiger partial charge in [0.05, 0.1) is 7.11 Å². The first-order valence-electron chi connectivity index (χ1n) is 4.82. The van der Waals surface area contributed by atoms with E-state index in [4.69, 9.17) is 0 Å². The van der Waals surface area contributed by atoms with Gasteiger partial charge in [-0.25, -0.2) is 0 Å². The maximum atomic E-state index is 11.3. The number of ether oxygens (including phenoxy) is 1. The molecular formula is C11H13NO3. The van der Waals surface area contributed by atoms with Crippen molar-refractivity contribution in [3.8, 4) is 5.75 Å². The highest BCUT2D eigenvalue weighted by atomic mass is 16.5. The van der Waals surface area contributed by atoms with Crippen molar-refractivity contribution in [2.24, 2.45) is 0 Å². The van der Waals surface area contributed by atoms with Crippen LogP contribution in [0.5, 0.6) is 5.75 Å². The summed E-state index contributed by atoms with van der Waals surface area (Å²) in [6.07, 6.45) is 0.613. The number of methoxy groups -OCH3 is 1. The number of carbonyl (C=O) groups is 1. The fourth-order valence-electron chi connectivity index (χ4n) is 1.81. The average Bonchev–Trinajstić information content (AvgIpc) is 2.27. The van der Waals surface area contributed by atoms with Crippen molar-refractivity contribution >= 4 is 5.97 Å². The van der Waals surface area contributed by atoms with Crippen molar-refractivity contribution in [1.82, 2.24) is 5.32 Å². The molecule has 2 rings (SSSR count). The molecule has 0 spiro atoms. The van der Waals surface area contributed by atoms with E-state index in [1.807, 2.05) is 6.07 Å². The van der Waals surface area contributed by atoms with Crippen LogP contribution in [-0.4, -0.2) is 24.2 Å². The zero-order chi connectivity index (χ0) is 10.8. The lowest BCUT2D eigenvalue weighted by Crippen LogP contribution is -2.42. The Morgan fingerprint density at radius 3 is 3.07 bits per heavy atom. The predicted octanol–water partition coefficient (Wildman–Crippen LogP) is 0.579. The van der Waals surface area contributed by atoms with Crippen molar-refractivity contribution in [3.63, 3.8) is 0 Å². The zero-order valence-electron chi connectivity index (χ0n) is 8.49. The monoisotopic (exact) mass is 207 g/mol. The van der Waals surface area contributed by atoms with Crippen molar-refractivity contribution in [1.29, 1.82) is 0 Å². The summed E-state index contributed by atoms with van der Waals surface area (Å²) in [6.45, 7) is 0.587. The minimum absolute atomic E-state index is 0.242. The molecule has 15 heavy (non-hydrogen) atoms. The van der Waals surface area contributed by atoms with Gasteiger partial charge < -0.3 is 15.2 Å². The van der Waals surface area contributed by atoms with Crippen molar-refractivity contribution in [3.05, 3.63) is 29.3 Å². The molecule has 1 atom stereocenters. The number of phenolic OH excluding ortho intramolecular Hbond substituents is 1. The smallest absolute Gasteiger partial charge is 0.323 e. The van der Waals surface area contributed by atoms with Crippen LogP contribution in [0.1, 0.15) is 11.1 Å². The molecule has 0 bridgehead atoms. The Kier molecular flexibility index (Phi) is 2.60. The minimum Gasteiger partial charge on any atom is -0.508 e. The number of hydrogen-bond acceptors (Lipinski definition) is 4. The molecular weight excluding hydrogens is 194 g/mol. The van der Waals surface area contributed by atoms with Gasteiger partial charge in [-0.1, -0.05) is 6.07 Å². The van der Waals surface area contributed by atoms with Crippen LogP contribution >= 0.6 is 0 Å². The van der Waals surface area contributed by atoms with Crippen LogP contribution in [0.15, 0.2) is 18.2 Å². The Bertz CT molecular complexity index is 389. The topological polar surface area (TPSA) is 58.6 Å². The van der Waals surface area contributed by atoms with E-state index in [-0.39, 0.29) is 17.8 Å². The molecule has 1 aromatic rings. The third kappa shape index (κ3) is 1.94. The van der Waals surface area contributed by atoms with Crippen molar-refractivity contribution in [2.45, 2.75) is 19.0 Å². The van der Waals surface area contributed by atoms with E-state index < -0.39 is 0 Å². The molecule has 0 radical (unpaired) electrons. The van der Waals surface area contributed by atoms with E-state index in [0.29, 0.717) is 13.0 Å². The first-order valence-corrected chi connectivity index (χ1v) is 4.82. The normalized spacial score (nSPS) is 19.4. The molecule has 0 fully saturated rings. The van der Waals surface area contributed by atoms with E-state index in [9.17, 15) is 9.90 Å². The molecule has 1 unspecified atom stereocenters. The predicted molar refractivity (Wildman–Crippen MR) is 54.5 cm³/mol. The number of fused-ring (bicyclic) bond motifs is 1. The number of nitrogens with one attached hydrogen (secondary N) is 1. The van der Waals surface area contributed by atoms with Gasteiger partial charge in [0.1, 0.15) is 11.8 Å². The number of rotatable bonds is 1. The summed E-state index contributed by atoms with van der Waals surface area (Å²) in [5, 5.41) is 12.4. The molecule has 4 heteroatoms. The Morgan fingerprint density at radius 2 is 2.33 bits per heavy atom. The summed E-state index contributed by atoms with van der Waals surface area (Å²) < 4.78 is 4.68. The third-order valence-corrected chi connectivity index (χ3v) is 2.64. The van der Waals surface area contributed by atoms with Gasteiger partial charge in [0.2, 0.25) is 0 Å². The van der Waals surface area contributed by atoms with Crippen LogP contribution in [0.3, 0.4) is 0 Å². The average molecular weight is 207 g/mol. The second kappa shape index (κ2) is 3.90. The Hall–Kier alpha value is -1.55. The largest absolute Gasteiger partial charge is 0.508 e. The summed E-state index contributed by atoms with van der Waals surface area (Å²) in [4.78, 5) is 11.3. The van der Waals surface area contributed by atoms with E-state index >= 15 is 0 Å². The Balaban J connectivity index is 2.20.